The fourth-order valence-corrected chi connectivity index (χ4v) is 3.36. The molecule has 0 spiro atoms. The number of nitrogens with one attached hydrogen (secondary N) is 2. The molecule has 0 aromatic heterocycles. The highest BCUT2D eigenvalue weighted by atomic mass is 16.5. The third-order valence-corrected chi connectivity index (χ3v) is 4.98. The summed E-state index contributed by atoms with van der Waals surface area (Å²) in [4.78, 5) is 12.3. The van der Waals surface area contributed by atoms with Gasteiger partial charge in [-0.05, 0) is 38.1 Å². The number of hydrogen-bond acceptors (Lipinski definition) is 3. The van der Waals surface area contributed by atoms with Gasteiger partial charge in [-0.3, -0.25) is 4.79 Å². The lowest BCUT2D eigenvalue weighted by molar-refractivity contribution is -0.130. The van der Waals surface area contributed by atoms with Gasteiger partial charge < -0.3 is 15.4 Å². The van der Waals surface area contributed by atoms with E-state index in [0.717, 1.165) is 45.4 Å². The number of carbonyl (C=O) groups is 1. The first-order chi connectivity index (χ1) is 9.10. The van der Waals surface area contributed by atoms with Crippen LogP contribution in [-0.4, -0.2) is 37.2 Å². The Labute approximate surface area is 116 Å². The lowest BCUT2D eigenvalue weighted by Crippen LogP contribution is -2.50. The first-order valence-electron chi connectivity index (χ1n) is 7.75. The summed E-state index contributed by atoms with van der Waals surface area (Å²) in [6.07, 6.45) is 3.96. The summed E-state index contributed by atoms with van der Waals surface area (Å²) in [6, 6.07) is 0.286. The van der Waals surface area contributed by atoms with Crippen molar-refractivity contribution in [2.75, 3.05) is 19.7 Å². The van der Waals surface area contributed by atoms with E-state index in [2.05, 4.69) is 31.4 Å². The molecule has 0 aromatic carbocycles. The molecule has 2 fully saturated rings. The molecule has 1 unspecified atom stereocenters. The zero-order valence-electron chi connectivity index (χ0n) is 12.5. The minimum atomic E-state index is -0.0181. The number of rotatable bonds is 4. The Bertz CT molecular complexity index is 315. The average Bonchev–Trinajstić information content (AvgIpc) is 2.85. The van der Waals surface area contributed by atoms with Crippen LogP contribution in [0.25, 0.3) is 0 Å². The molecule has 0 saturated carbocycles. The average molecular weight is 268 g/mol. The van der Waals surface area contributed by atoms with Crippen LogP contribution in [0.2, 0.25) is 0 Å². The standard InChI is InChI=1S/C15H28N2O2/c1-4-15(5-2)8-12(6-7-19-15)17-14(18)13-10-16-9-11(13)3/h11-13,16H,4-10H2,1-3H3,(H,17,18)/t11-,12?,13-/m1/s1. The van der Waals surface area contributed by atoms with Crippen LogP contribution in [0.5, 0.6) is 0 Å². The Kier molecular flexibility index (Phi) is 4.85. The van der Waals surface area contributed by atoms with E-state index in [0.29, 0.717) is 5.92 Å². The fourth-order valence-electron chi connectivity index (χ4n) is 3.36. The highest BCUT2D eigenvalue weighted by Gasteiger charge is 2.37. The van der Waals surface area contributed by atoms with Gasteiger partial charge in [-0.1, -0.05) is 20.8 Å². The summed E-state index contributed by atoms with van der Waals surface area (Å²) in [6.45, 7) is 9.05. The number of amides is 1. The van der Waals surface area contributed by atoms with E-state index in [9.17, 15) is 4.79 Å². The maximum absolute atomic E-state index is 12.3. The number of carbonyl (C=O) groups excluding carboxylic acids is 1. The lowest BCUT2D eigenvalue weighted by Gasteiger charge is -2.40. The van der Waals surface area contributed by atoms with E-state index in [1.165, 1.54) is 0 Å². The van der Waals surface area contributed by atoms with Crippen LogP contribution in [0.15, 0.2) is 0 Å². The van der Waals surface area contributed by atoms with Gasteiger partial charge in [0.05, 0.1) is 11.5 Å². The van der Waals surface area contributed by atoms with Crippen molar-refractivity contribution in [1.29, 1.82) is 0 Å². The smallest absolute Gasteiger partial charge is 0.224 e. The van der Waals surface area contributed by atoms with Gasteiger partial charge in [-0.2, -0.15) is 0 Å². The Balaban J connectivity index is 1.90. The molecule has 2 N–H and O–H groups in total. The fraction of sp³-hybridized carbons (Fsp3) is 0.933. The van der Waals surface area contributed by atoms with E-state index in [1.807, 2.05) is 0 Å². The minimum absolute atomic E-state index is 0.0181. The third-order valence-electron chi connectivity index (χ3n) is 4.98. The van der Waals surface area contributed by atoms with Crippen LogP contribution in [-0.2, 0) is 9.53 Å². The van der Waals surface area contributed by atoms with E-state index >= 15 is 0 Å². The normalized spacial score (nSPS) is 34.2. The summed E-state index contributed by atoms with van der Waals surface area (Å²) in [5, 5.41) is 6.55. The monoisotopic (exact) mass is 268 g/mol. The molecule has 2 rings (SSSR count). The van der Waals surface area contributed by atoms with Crippen molar-refractivity contribution >= 4 is 5.91 Å². The molecular formula is C15H28N2O2. The molecular weight excluding hydrogens is 240 g/mol. The van der Waals surface area contributed by atoms with Crippen LogP contribution in [0.4, 0.5) is 0 Å². The molecule has 4 heteroatoms. The molecule has 0 bridgehead atoms. The zero-order chi connectivity index (χ0) is 13.9. The summed E-state index contributed by atoms with van der Waals surface area (Å²) >= 11 is 0. The summed E-state index contributed by atoms with van der Waals surface area (Å²) in [7, 11) is 0. The van der Waals surface area contributed by atoms with Crippen molar-refractivity contribution in [3.63, 3.8) is 0 Å². The van der Waals surface area contributed by atoms with Gasteiger partial charge in [-0.25, -0.2) is 0 Å². The molecule has 2 aliphatic heterocycles. The van der Waals surface area contributed by atoms with Gasteiger partial charge in [0.25, 0.3) is 0 Å². The summed E-state index contributed by atoms with van der Waals surface area (Å²) < 4.78 is 5.96. The second-order valence-corrected chi connectivity index (χ2v) is 6.18. The molecule has 2 heterocycles. The first kappa shape index (κ1) is 14.8. The van der Waals surface area contributed by atoms with Crippen molar-refractivity contribution in [2.24, 2.45) is 11.8 Å². The molecule has 0 aromatic rings. The van der Waals surface area contributed by atoms with Crippen LogP contribution >= 0.6 is 0 Å². The van der Waals surface area contributed by atoms with Gasteiger partial charge >= 0.3 is 0 Å². The van der Waals surface area contributed by atoms with E-state index in [-0.39, 0.29) is 23.5 Å². The van der Waals surface area contributed by atoms with Crippen LogP contribution in [0.3, 0.4) is 0 Å². The Morgan fingerprint density at radius 1 is 1.37 bits per heavy atom. The van der Waals surface area contributed by atoms with Crippen molar-refractivity contribution in [1.82, 2.24) is 10.6 Å². The SMILES string of the molecule is CCC1(CC)CC(NC(=O)[C@@H]2CNC[C@H]2C)CCO1. The molecule has 1 amide bonds. The molecule has 4 nitrogen and oxygen atoms in total. The maximum Gasteiger partial charge on any atom is 0.224 e. The Morgan fingerprint density at radius 2 is 2.11 bits per heavy atom. The predicted molar refractivity (Wildman–Crippen MR) is 76.0 cm³/mol. The first-order valence-corrected chi connectivity index (χ1v) is 7.75. The zero-order valence-corrected chi connectivity index (χ0v) is 12.5. The lowest BCUT2D eigenvalue weighted by atomic mass is 9.85. The van der Waals surface area contributed by atoms with Gasteiger partial charge in [0.1, 0.15) is 0 Å². The molecule has 0 radical (unpaired) electrons. The highest BCUT2D eigenvalue weighted by molar-refractivity contribution is 5.79. The van der Waals surface area contributed by atoms with Gasteiger partial charge in [0, 0.05) is 19.2 Å². The molecule has 19 heavy (non-hydrogen) atoms. The van der Waals surface area contributed by atoms with E-state index in [1.54, 1.807) is 0 Å². The van der Waals surface area contributed by atoms with Crippen molar-refractivity contribution < 1.29 is 9.53 Å². The van der Waals surface area contributed by atoms with E-state index in [4.69, 9.17) is 4.74 Å². The van der Waals surface area contributed by atoms with Gasteiger partial charge in [0.2, 0.25) is 5.91 Å². The van der Waals surface area contributed by atoms with Crippen molar-refractivity contribution in [2.45, 2.75) is 58.1 Å². The van der Waals surface area contributed by atoms with Gasteiger partial charge in [-0.15, -0.1) is 0 Å². The van der Waals surface area contributed by atoms with Crippen molar-refractivity contribution in [3.05, 3.63) is 0 Å². The number of ether oxygens (including phenoxy) is 1. The third kappa shape index (κ3) is 3.29. The molecule has 0 aliphatic carbocycles. The van der Waals surface area contributed by atoms with Crippen LogP contribution < -0.4 is 10.6 Å². The second-order valence-electron chi connectivity index (χ2n) is 6.18. The largest absolute Gasteiger partial charge is 0.375 e. The Hall–Kier alpha value is -0.610. The molecule has 2 saturated heterocycles. The van der Waals surface area contributed by atoms with E-state index < -0.39 is 0 Å². The maximum atomic E-state index is 12.3. The predicted octanol–water partition coefficient (Wildman–Crippen LogP) is 1.70. The quantitative estimate of drug-likeness (QED) is 0.816. The molecule has 110 valence electrons. The molecule has 2 aliphatic rings. The number of hydrogen-bond donors (Lipinski definition) is 2. The minimum Gasteiger partial charge on any atom is -0.375 e. The summed E-state index contributed by atoms with van der Waals surface area (Å²) in [5.41, 5.74) is -0.0181. The Morgan fingerprint density at radius 3 is 2.68 bits per heavy atom. The summed E-state index contributed by atoms with van der Waals surface area (Å²) in [5.74, 6) is 0.813. The van der Waals surface area contributed by atoms with Gasteiger partial charge in [0.15, 0.2) is 0 Å². The van der Waals surface area contributed by atoms with Crippen molar-refractivity contribution in [3.8, 4) is 0 Å². The van der Waals surface area contributed by atoms with Crippen LogP contribution in [0.1, 0.15) is 46.5 Å². The second kappa shape index (κ2) is 6.23. The van der Waals surface area contributed by atoms with Crippen LogP contribution in [0, 0.1) is 11.8 Å². The molecule has 3 atom stereocenters. The topological polar surface area (TPSA) is 50.4 Å². The highest BCUT2D eigenvalue weighted by Crippen LogP contribution is 2.31.